The lowest BCUT2D eigenvalue weighted by Crippen LogP contribution is -2.45. The molecule has 1 fully saturated rings. The van der Waals surface area contributed by atoms with Gasteiger partial charge in [-0.2, -0.15) is 5.10 Å². The van der Waals surface area contributed by atoms with Crippen LogP contribution < -0.4 is 0 Å². The predicted molar refractivity (Wildman–Crippen MR) is 82.1 cm³/mol. The van der Waals surface area contributed by atoms with E-state index in [0.717, 1.165) is 31.2 Å². The average Bonchev–Trinajstić information content (AvgIpc) is 2.91. The molecule has 6 nitrogen and oxygen atoms in total. The van der Waals surface area contributed by atoms with Gasteiger partial charge in [0, 0.05) is 19.3 Å². The van der Waals surface area contributed by atoms with E-state index in [0.29, 0.717) is 6.61 Å². The van der Waals surface area contributed by atoms with Gasteiger partial charge in [-0.05, 0) is 25.3 Å². The Morgan fingerprint density at radius 3 is 2.68 bits per heavy atom. The first-order valence-corrected chi connectivity index (χ1v) is 8.02. The molecule has 1 heterocycles. The fourth-order valence-electron chi connectivity index (χ4n) is 3.00. The normalized spacial score (nSPS) is 15.5. The van der Waals surface area contributed by atoms with Gasteiger partial charge in [-0.1, -0.05) is 19.3 Å². The first kappa shape index (κ1) is 16.5. The van der Waals surface area contributed by atoms with E-state index in [4.69, 9.17) is 4.74 Å². The summed E-state index contributed by atoms with van der Waals surface area (Å²) >= 11 is 0. The number of carbonyl (C=O) groups is 2. The van der Waals surface area contributed by atoms with E-state index in [9.17, 15) is 9.59 Å². The number of esters is 1. The van der Waals surface area contributed by atoms with Crippen molar-refractivity contribution in [1.82, 2.24) is 14.7 Å². The number of ether oxygens (including phenoxy) is 1. The highest BCUT2D eigenvalue weighted by Gasteiger charge is 2.27. The van der Waals surface area contributed by atoms with E-state index in [-0.39, 0.29) is 30.9 Å². The highest BCUT2D eigenvalue weighted by molar-refractivity contribution is 5.83. The predicted octanol–water partition coefficient (Wildman–Crippen LogP) is 1.69. The van der Waals surface area contributed by atoms with Crippen molar-refractivity contribution in [3.8, 4) is 0 Å². The van der Waals surface area contributed by atoms with Crippen LogP contribution >= 0.6 is 0 Å². The fourth-order valence-corrected chi connectivity index (χ4v) is 3.00. The Hall–Kier alpha value is -1.85. The fraction of sp³-hybridized carbons (Fsp3) is 0.688. The summed E-state index contributed by atoms with van der Waals surface area (Å²) in [6.07, 6.45) is 9.19. The molecule has 2 rings (SSSR count). The quantitative estimate of drug-likeness (QED) is 0.750. The van der Waals surface area contributed by atoms with E-state index < -0.39 is 0 Å². The summed E-state index contributed by atoms with van der Waals surface area (Å²) < 4.78 is 6.70. The van der Waals surface area contributed by atoms with Crippen LogP contribution in [0.4, 0.5) is 0 Å². The van der Waals surface area contributed by atoms with Crippen molar-refractivity contribution in [3.63, 3.8) is 0 Å². The monoisotopic (exact) mass is 307 g/mol. The maximum absolute atomic E-state index is 12.6. The molecular weight excluding hydrogens is 282 g/mol. The summed E-state index contributed by atoms with van der Waals surface area (Å²) in [5, 5.41) is 4.09. The summed E-state index contributed by atoms with van der Waals surface area (Å²) in [6.45, 7) is 2.17. The van der Waals surface area contributed by atoms with Crippen molar-refractivity contribution < 1.29 is 14.3 Å². The molecule has 22 heavy (non-hydrogen) atoms. The summed E-state index contributed by atoms with van der Waals surface area (Å²) in [5.74, 6) is -0.347. The Bertz CT molecular complexity index is 506. The van der Waals surface area contributed by atoms with Gasteiger partial charge in [-0.3, -0.25) is 14.3 Å². The van der Waals surface area contributed by atoms with Gasteiger partial charge in [-0.25, -0.2) is 0 Å². The minimum absolute atomic E-state index is 0.0204. The van der Waals surface area contributed by atoms with Gasteiger partial charge < -0.3 is 9.64 Å². The smallest absolute Gasteiger partial charge is 0.325 e. The lowest BCUT2D eigenvalue weighted by Gasteiger charge is -2.33. The minimum atomic E-state index is -0.326. The molecule has 1 amide bonds. The molecule has 1 aromatic heterocycles. The summed E-state index contributed by atoms with van der Waals surface area (Å²) in [4.78, 5) is 26.2. The zero-order valence-electron chi connectivity index (χ0n) is 13.5. The maximum atomic E-state index is 12.6. The number of aromatic nitrogens is 2. The Morgan fingerprint density at radius 2 is 2.09 bits per heavy atom. The van der Waals surface area contributed by atoms with E-state index >= 15 is 0 Å². The molecule has 1 aromatic rings. The molecule has 0 aliphatic heterocycles. The van der Waals surface area contributed by atoms with Crippen molar-refractivity contribution in [2.24, 2.45) is 7.05 Å². The van der Waals surface area contributed by atoms with E-state index in [2.05, 4.69) is 5.10 Å². The van der Waals surface area contributed by atoms with Crippen molar-refractivity contribution in [2.45, 2.75) is 51.5 Å². The lowest BCUT2D eigenvalue weighted by atomic mass is 9.94. The number of aryl methyl sites for hydroxylation is 1. The topological polar surface area (TPSA) is 64.4 Å². The van der Waals surface area contributed by atoms with Crippen molar-refractivity contribution >= 4 is 11.9 Å². The first-order chi connectivity index (χ1) is 10.6. The van der Waals surface area contributed by atoms with Crippen LogP contribution in [0.5, 0.6) is 0 Å². The van der Waals surface area contributed by atoms with Gasteiger partial charge in [0.25, 0.3) is 0 Å². The standard InChI is InChI=1S/C16H25N3O3/c1-3-22-16(21)12-19(14-7-5-4-6-8-14)15(20)9-13-10-17-18(2)11-13/h10-11,14H,3-9,12H2,1-2H3. The second-order valence-electron chi connectivity index (χ2n) is 5.82. The third-order valence-corrected chi connectivity index (χ3v) is 4.05. The SMILES string of the molecule is CCOC(=O)CN(C(=O)Cc1cnn(C)c1)C1CCCCC1. The van der Waals surface area contributed by atoms with Crippen molar-refractivity contribution in [2.75, 3.05) is 13.2 Å². The van der Waals surface area contributed by atoms with E-state index in [1.54, 1.807) is 22.7 Å². The third kappa shape index (κ3) is 4.58. The first-order valence-electron chi connectivity index (χ1n) is 8.02. The molecule has 0 unspecified atom stereocenters. The van der Waals surface area contributed by atoms with Crippen LogP contribution in [0.15, 0.2) is 12.4 Å². The largest absolute Gasteiger partial charge is 0.465 e. The molecule has 0 spiro atoms. The highest BCUT2D eigenvalue weighted by Crippen LogP contribution is 2.23. The molecule has 0 atom stereocenters. The van der Waals surface area contributed by atoms with Crippen molar-refractivity contribution in [1.29, 1.82) is 0 Å². The van der Waals surface area contributed by atoms with Crippen LogP contribution in [0.3, 0.4) is 0 Å². The van der Waals surface area contributed by atoms with Gasteiger partial charge in [0.2, 0.25) is 5.91 Å². The Kier molecular flexibility index (Phi) is 5.98. The molecule has 0 saturated heterocycles. The van der Waals surface area contributed by atoms with Gasteiger partial charge in [0.1, 0.15) is 6.54 Å². The number of amides is 1. The molecule has 0 N–H and O–H groups in total. The van der Waals surface area contributed by atoms with E-state index in [1.165, 1.54) is 6.42 Å². The third-order valence-electron chi connectivity index (χ3n) is 4.05. The summed E-state index contributed by atoms with van der Waals surface area (Å²) in [7, 11) is 1.82. The molecule has 1 aliphatic rings. The van der Waals surface area contributed by atoms with Crippen molar-refractivity contribution in [3.05, 3.63) is 18.0 Å². The van der Waals surface area contributed by atoms with E-state index in [1.807, 2.05) is 13.2 Å². The number of hydrogen-bond acceptors (Lipinski definition) is 4. The molecule has 0 aromatic carbocycles. The second-order valence-corrected chi connectivity index (χ2v) is 5.82. The van der Waals surface area contributed by atoms with Gasteiger partial charge in [0.05, 0.1) is 19.2 Å². The molecular formula is C16H25N3O3. The Labute approximate surface area is 131 Å². The number of nitrogens with zero attached hydrogens (tertiary/aromatic N) is 3. The Morgan fingerprint density at radius 1 is 1.36 bits per heavy atom. The lowest BCUT2D eigenvalue weighted by molar-refractivity contribution is -0.150. The van der Waals surface area contributed by atoms with Crippen LogP contribution in [0, 0.1) is 0 Å². The summed E-state index contributed by atoms with van der Waals surface area (Å²) in [5.41, 5.74) is 0.872. The zero-order chi connectivity index (χ0) is 15.9. The molecule has 0 bridgehead atoms. The second kappa shape index (κ2) is 7.96. The summed E-state index contributed by atoms with van der Waals surface area (Å²) in [6, 6.07) is 0.155. The maximum Gasteiger partial charge on any atom is 0.325 e. The van der Waals surface area contributed by atoms with Gasteiger partial charge in [0.15, 0.2) is 0 Å². The Balaban J connectivity index is 2.04. The molecule has 1 aliphatic carbocycles. The average molecular weight is 307 g/mol. The van der Waals surface area contributed by atoms with Gasteiger partial charge >= 0.3 is 5.97 Å². The van der Waals surface area contributed by atoms with Crippen LogP contribution in [-0.2, 0) is 27.8 Å². The molecule has 122 valence electrons. The van der Waals surface area contributed by atoms with Gasteiger partial charge in [-0.15, -0.1) is 0 Å². The number of hydrogen-bond donors (Lipinski definition) is 0. The number of carbonyl (C=O) groups excluding carboxylic acids is 2. The highest BCUT2D eigenvalue weighted by atomic mass is 16.5. The molecule has 6 heteroatoms. The zero-order valence-corrected chi connectivity index (χ0v) is 13.5. The molecule has 1 saturated carbocycles. The van der Waals surface area contributed by atoms with Crippen LogP contribution in [0.2, 0.25) is 0 Å². The van der Waals surface area contributed by atoms with Crippen LogP contribution in [-0.4, -0.2) is 45.8 Å². The molecule has 0 radical (unpaired) electrons. The van der Waals surface area contributed by atoms with Crippen LogP contribution in [0.1, 0.15) is 44.6 Å². The number of rotatable bonds is 6. The minimum Gasteiger partial charge on any atom is -0.465 e. The van der Waals surface area contributed by atoms with Crippen LogP contribution in [0.25, 0.3) is 0 Å².